The molecule has 10 heteroatoms. The monoisotopic (exact) mass is 342 g/mol. The molecule has 8 nitrogen and oxygen atoms in total. The van der Waals surface area contributed by atoms with Gasteiger partial charge in [0, 0.05) is 17.8 Å². The van der Waals surface area contributed by atoms with E-state index in [1.807, 2.05) is 0 Å². The van der Waals surface area contributed by atoms with Crippen LogP contribution in [0.2, 0.25) is 0 Å². The Morgan fingerprint density at radius 3 is 2.62 bits per heavy atom. The molecule has 0 bridgehead atoms. The number of nitrogens with two attached hydrogens (primary N) is 2. The van der Waals surface area contributed by atoms with Gasteiger partial charge in [0.15, 0.2) is 6.04 Å². The van der Waals surface area contributed by atoms with Crippen molar-refractivity contribution in [1.29, 1.82) is 0 Å². The predicted octanol–water partition coefficient (Wildman–Crippen LogP) is -0.262. The fourth-order valence-electron chi connectivity index (χ4n) is 2.17. The molecule has 0 unspecified atom stereocenters. The zero-order valence-electron chi connectivity index (χ0n) is 12.5. The Hall–Kier alpha value is -2.59. The molecule has 3 amide bonds. The van der Waals surface area contributed by atoms with E-state index in [4.69, 9.17) is 16.2 Å². The van der Waals surface area contributed by atoms with E-state index >= 15 is 0 Å². The summed E-state index contributed by atoms with van der Waals surface area (Å²) in [6.45, 7) is 0.200. The number of ether oxygens (including phenoxy) is 1. The predicted molar refractivity (Wildman–Crippen MR) is 80.4 cm³/mol. The number of rotatable bonds is 5. The van der Waals surface area contributed by atoms with E-state index in [0.29, 0.717) is 0 Å². The minimum Gasteiger partial charge on any atom is -0.370 e. The fraction of sp³-hybridized carbons (Fsp3) is 0.357. The van der Waals surface area contributed by atoms with Gasteiger partial charge in [0.25, 0.3) is 18.2 Å². The number of alkyl halides is 2. The van der Waals surface area contributed by atoms with Crippen LogP contribution in [0.25, 0.3) is 0 Å². The molecule has 130 valence electrons. The molecule has 0 radical (unpaired) electrons. The molecule has 1 aromatic carbocycles. The van der Waals surface area contributed by atoms with Crippen LogP contribution in [0.1, 0.15) is 12.0 Å². The van der Waals surface area contributed by atoms with Crippen LogP contribution in [0.3, 0.4) is 0 Å². The lowest BCUT2D eigenvalue weighted by Gasteiger charge is -2.29. The Kier molecular flexibility index (Phi) is 5.42. The zero-order valence-corrected chi connectivity index (χ0v) is 12.5. The van der Waals surface area contributed by atoms with Crippen molar-refractivity contribution in [2.45, 2.75) is 12.5 Å². The Morgan fingerprint density at radius 2 is 2.04 bits per heavy atom. The van der Waals surface area contributed by atoms with Crippen LogP contribution in [0.4, 0.5) is 20.2 Å². The second-order valence-corrected chi connectivity index (χ2v) is 5.04. The van der Waals surface area contributed by atoms with Crippen LogP contribution >= 0.6 is 0 Å². The van der Waals surface area contributed by atoms with Crippen molar-refractivity contribution in [2.24, 2.45) is 11.5 Å². The van der Waals surface area contributed by atoms with Gasteiger partial charge < -0.3 is 26.4 Å². The molecular formula is C14H16F2N4O4. The molecule has 1 aliphatic rings. The van der Waals surface area contributed by atoms with Gasteiger partial charge in [-0.15, -0.1) is 0 Å². The average Bonchev–Trinajstić information content (AvgIpc) is 2.54. The number of carbonyl (C=O) groups is 3. The second-order valence-electron chi connectivity index (χ2n) is 5.04. The van der Waals surface area contributed by atoms with Crippen molar-refractivity contribution in [3.63, 3.8) is 0 Å². The van der Waals surface area contributed by atoms with E-state index in [1.54, 1.807) is 0 Å². The van der Waals surface area contributed by atoms with Crippen molar-refractivity contribution in [3.8, 4) is 0 Å². The number of nitrogens with one attached hydrogen (secondary N) is 1. The fourth-order valence-corrected chi connectivity index (χ4v) is 2.17. The zero-order chi connectivity index (χ0) is 17.9. The standard InChI is InChI=1S/C14H16F2N4O4/c15-12(16)8-5-7(19-14(23)11(17)13(18)22)1-2-9(8)20-3-4-24-6-10(20)21/h1-2,5,11-12H,3-4,6,17H2,(H2,18,22)(H,19,23)/t11-/m1/s1. The van der Waals surface area contributed by atoms with Gasteiger partial charge in [-0.2, -0.15) is 0 Å². The Labute approximate surface area is 135 Å². The highest BCUT2D eigenvalue weighted by molar-refractivity contribution is 6.09. The first-order valence-electron chi connectivity index (χ1n) is 6.97. The van der Waals surface area contributed by atoms with Crippen molar-refractivity contribution < 1.29 is 27.9 Å². The molecule has 24 heavy (non-hydrogen) atoms. The first-order chi connectivity index (χ1) is 11.3. The number of amides is 3. The lowest BCUT2D eigenvalue weighted by Crippen LogP contribution is -2.46. The van der Waals surface area contributed by atoms with Crippen LogP contribution in [0.5, 0.6) is 0 Å². The summed E-state index contributed by atoms with van der Waals surface area (Å²) in [7, 11) is 0. The Balaban J connectivity index is 2.28. The third kappa shape index (κ3) is 3.84. The summed E-state index contributed by atoms with van der Waals surface area (Å²) in [5.74, 6) is -2.40. The molecule has 0 spiro atoms. The number of hydrogen-bond acceptors (Lipinski definition) is 5. The highest BCUT2D eigenvalue weighted by atomic mass is 19.3. The van der Waals surface area contributed by atoms with Crippen molar-refractivity contribution in [1.82, 2.24) is 0 Å². The molecule has 1 saturated heterocycles. The van der Waals surface area contributed by atoms with E-state index in [0.717, 1.165) is 6.07 Å². The summed E-state index contributed by atoms with van der Waals surface area (Å²) in [5, 5.41) is 2.23. The van der Waals surface area contributed by atoms with Crippen LogP contribution in [-0.4, -0.2) is 43.5 Å². The molecule has 1 aliphatic heterocycles. The molecule has 0 aromatic heterocycles. The SMILES string of the molecule is NC(=O)[C@@H](N)C(=O)Nc1ccc(N2CCOCC2=O)c(C(F)F)c1. The lowest BCUT2D eigenvalue weighted by molar-refractivity contribution is -0.127. The second kappa shape index (κ2) is 7.32. The summed E-state index contributed by atoms with van der Waals surface area (Å²) in [6, 6.07) is 2.04. The maximum atomic E-state index is 13.3. The lowest BCUT2D eigenvalue weighted by atomic mass is 10.1. The number of morpholine rings is 1. The molecule has 0 saturated carbocycles. The maximum absolute atomic E-state index is 13.3. The number of anilines is 2. The smallest absolute Gasteiger partial charge is 0.265 e. The van der Waals surface area contributed by atoms with Crippen molar-refractivity contribution in [2.75, 3.05) is 30.0 Å². The van der Waals surface area contributed by atoms with Gasteiger partial charge in [0.05, 0.1) is 12.3 Å². The van der Waals surface area contributed by atoms with E-state index in [-0.39, 0.29) is 31.1 Å². The molecular weight excluding hydrogens is 326 g/mol. The van der Waals surface area contributed by atoms with Crippen LogP contribution in [-0.2, 0) is 19.1 Å². The van der Waals surface area contributed by atoms with Gasteiger partial charge >= 0.3 is 0 Å². The van der Waals surface area contributed by atoms with Crippen LogP contribution in [0, 0.1) is 0 Å². The minimum atomic E-state index is -2.88. The van der Waals surface area contributed by atoms with Gasteiger partial charge in [-0.05, 0) is 18.2 Å². The quantitative estimate of drug-likeness (QED) is 0.635. The molecule has 5 N–H and O–H groups in total. The molecule has 1 heterocycles. The number of halogens is 2. The van der Waals surface area contributed by atoms with Gasteiger partial charge in [0.1, 0.15) is 6.61 Å². The van der Waals surface area contributed by atoms with Gasteiger partial charge in [-0.3, -0.25) is 14.4 Å². The maximum Gasteiger partial charge on any atom is 0.265 e. The van der Waals surface area contributed by atoms with Crippen LogP contribution < -0.4 is 21.7 Å². The van der Waals surface area contributed by atoms with Gasteiger partial charge in [-0.1, -0.05) is 0 Å². The number of hydrogen-bond donors (Lipinski definition) is 3. The van der Waals surface area contributed by atoms with Gasteiger partial charge in [0.2, 0.25) is 5.91 Å². The third-order valence-electron chi connectivity index (χ3n) is 3.40. The van der Waals surface area contributed by atoms with E-state index in [1.165, 1.54) is 17.0 Å². The van der Waals surface area contributed by atoms with E-state index in [2.05, 4.69) is 5.32 Å². The van der Waals surface area contributed by atoms with Crippen LogP contribution in [0.15, 0.2) is 18.2 Å². The molecule has 0 aliphatic carbocycles. The highest BCUT2D eigenvalue weighted by Gasteiger charge is 2.26. The third-order valence-corrected chi connectivity index (χ3v) is 3.40. The van der Waals surface area contributed by atoms with E-state index < -0.39 is 35.8 Å². The summed E-state index contributed by atoms with van der Waals surface area (Å²) in [5.41, 5.74) is 9.79. The largest absolute Gasteiger partial charge is 0.370 e. The van der Waals surface area contributed by atoms with Crippen molar-refractivity contribution >= 4 is 29.1 Å². The number of carbonyl (C=O) groups excluding carboxylic acids is 3. The van der Waals surface area contributed by atoms with Gasteiger partial charge in [-0.25, -0.2) is 8.78 Å². The summed E-state index contributed by atoms with van der Waals surface area (Å²) in [4.78, 5) is 35.5. The summed E-state index contributed by atoms with van der Waals surface area (Å²) < 4.78 is 31.6. The molecule has 1 atom stereocenters. The molecule has 1 aromatic rings. The summed E-state index contributed by atoms with van der Waals surface area (Å²) >= 11 is 0. The summed E-state index contributed by atoms with van der Waals surface area (Å²) in [6.07, 6.45) is -2.88. The average molecular weight is 342 g/mol. The first kappa shape index (κ1) is 17.8. The normalized spacial score (nSPS) is 16.2. The first-order valence-corrected chi connectivity index (χ1v) is 6.97. The Bertz CT molecular complexity index is 668. The highest BCUT2D eigenvalue weighted by Crippen LogP contribution is 2.33. The number of primary amides is 1. The number of benzene rings is 1. The topological polar surface area (TPSA) is 128 Å². The molecule has 2 rings (SSSR count). The number of nitrogens with zero attached hydrogens (tertiary/aromatic N) is 1. The minimum absolute atomic E-state index is 0.0106. The van der Waals surface area contributed by atoms with Crippen molar-refractivity contribution in [3.05, 3.63) is 23.8 Å². The Morgan fingerprint density at radius 1 is 1.33 bits per heavy atom. The molecule has 1 fully saturated rings. The van der Waals surface area contributed by atoms with E-state index in [9.17, 15) is 23.2 Å².